The summed E-state index contributed by atoms with van der Waals surface area (Å²) in [6, 6.07) is 26.4. The summed E-state index contributed by atoms with van der Waals surface area (Å²) >= 11 is 0. The number of amides is 2. The smallest absolute Gasteiger partial charge is 0.252 e. The van der Waals surface area contributed by atoms with Crippen LogP contribution < -0.4 is 15.4 Å². The lowest BCUT2D eigenvalue weighted by molar-refractivity contribution is -0.120. The zero-order chi connectivity index (χ0) is 22.3. The highest BCUT2D eigenvalue weighted by Gasteiger charge is 2.14. The normalized spacial score (nSPS) is 10.5. The molecule has 0 saturated carbocycles. The van der Waals surface area contributed by atoms with Crippen LogP contribution >= 0.6 is 0 Å². The van der Waals surface area contributed by atoms with Gasteiger partial charge in [0, 0.05) is 17.5 Å². The molecule has 0 aliphatic carbocycles. The van der Waals surface area contributed by atoms with Gasteiger partial charge in [-0.3, -0.25) is 9.59 Å². The minimum atomic E-state index is -0.319. The molecule has 0 spiro atoms. The van der Waals surface area contributed by atoms with Crippen molar-refractivity contribution in [3.8, 4) is 17.0 Å². The molecule has 160 valence electrons. The minimum absolute atomic E-state index is 0.119. The molecule has 2 N–H and O–H groups in total. The molecule has 0 saturated heterocycles. The summed E-state index contributed by atoms with van der Waals surface area (Å²) in [5, 5.41) is 6.28. The predicted molar refractivity (Wildman–Crippen MR) is 124 cm³/mol. The number of aromatic nitrogens is 1. The zero-order valence-electron chi connectivity index (χ0n) is 17.7. The van der Waals surface area contributed by atoms with Crippen molar-refractivity contribution < 1.29 is 14.3 Å². The third-order valence-corrected chi connectivity index (χ3v) is 5.09. The summed E-state index contributed by atoms with van der Waals surface area (Å²) in [5.74, 6) is 0.169. The van der Waals surface area contributed by atoms with Crippen LogP contribution in [0.15, 0.2) is 84.9 Å². The van der Waals surface area contributed by atoms with Crippen molar-refractivity contribution in [1.82, 2.24) is 15.6 Å². The molecular weight excluding hydrogens is 402 g/mol. The first-order chi connectivity index (χ1) is 15.6. The average molecular weight is 425 g/mol. The van der Waals surface area contributed by atoms with Crippen LogP contribution in [0, 0.1) is 0 Å². The molecule has 4 aromatic rings. The summed E-state index contributed by atoms with van der Waals surface area (Å²) in [7, 11) is 1.61. The van der Waals surface area contributed by atoms with E-state index in [4.69, 9.17) is 9.72 Å². The highest BCUT2D eigenvalue weighted by molar-refractivity contribution is 6.08. The number of rotatable bonds is 7. The van der Waals surface area contributed by atoms with Gasteiger partial charge in [0.1, 0.15) is 5.75 Å². The van der Waals surface area contributed by atoms with Gasteiger partial charge in [0.15, 0.2) is 0 Å². The van der Waals surface area contributed by atoms with Crippen molar-refractivity contribution >= 4 is 22.7 Å². The quantitative estimate of drug-likeness (QED) is 0.470. The fraction of sp³-hybridized carbons (Fsp3) is 0.115. The molecule has 32 heavy (non-hydrogen) atoms. The van der Waals surface area contributed by atoms with E-state index in [0.717, 1.165) is 27.8 Å². The molecule has 6 nitrogen and oxygen atoms in total. The first kappa shape index (κ1) is 21.1. The van der Waals surface area contributed by atoms with Crippen LogP contribution in [0.1, 0.15) is 15.9 Å². The van der Waals surface area contributed by atoms with Gasteiger partial charge in [-0.25, -0.2) is 4.98 Å². The van der Waals surface area contributed by atoms with Crippen LogP contribution in [0.4, 0.5) is 0 Å². The Kier molecular flexibility index (Phi) is 6.41. The maximum atomic E-state index is 13.0. The van der Waals surface area contributed by atoms with Crippen LogP contribution in [0.25, 0.3) is 22.2 Å². The number of nitrogens with zero attached hydrogens (tertiary/aromatic N) is 1. The highest BCUT2D eigenvalue weighted by atomic mass is 16.5. The molecule has 0 fully saturated rings. The van der Waals surface area contributed by atoms with Crippen molar-refractivity contribution in [3.05, 3.63) is 96.1 Å². The number of nitrogens with one attached hydrogen (secondary N) is 2. The monoisotopic (exact) mass is 425 g/mol. The van der Waals surface area contributed by atoms with E-state index < -0.39 is 0 Å². The Balaban J connectivity index is 1.45. The molecule has 0 aliphatic rings. The highest BCUT2D eigenvalue weighted by Crippen LogP contribution is 2.24. The maximum Gasteiger partial charge on any atom is 0.252 e. The first-order valence-corrected chi connectivity index (χ1v) is 10.3. The lowest BCUT2D eigenvalue weighted by Gasteiger charge is -2.11. The number of para-hydroxylation sites is 1. The third-order valence-electron chi connectivity index (χ3n) is 5.09. The van der Waals surface area contributed by atoms with Crippen LogP contribution in [-0.2, 0) is 11.3 Å². The van der Waals surface area contributed by atoms with E-state index >= 15 is 0 Å². The SMILES string of the molecule is COc1ccc(CNC(=O)CNC(=O)c2cc(-c3ccccc3)nc3ccccc23)cc1. The Morgan fingerprint density at radius 1 is 0.875 bits per heavy atom. The molecule has 1 aromatic heterocycles. The number of methoxy groups -OCH3 is 1. The van der Waals surface area contributed by atoms with Gasteiger partial charge in [0.05, 0.1) is 30.4 Å². The van der Waals surface area contributed by atoms with Gasteiger partial charge in [-0.1, -0.05) is 60.7 Å². The van der Waals surface area contributed by atoms with E-state index in [2.05, 4.69) is 10.6 Å². The topological polar surface area (TPSA) is 80.3 Å². The Bertz CT molecular complexity index is 1240. The van der Waals surface area contributed by atoms with Crippen molar-refractivity contribution in [2.75, 3.05) is 13.7 Å². The summed E-state index contributed by atoms with van der Waals surface area (Å²) in [6.07, 6.45) is 0. The minimum Gasteiger partial charge on any atom is -0.497 e. The molecule has 3 aromatic carbocycles. The van der Waals surface area contributed by atoms with E-state index in [-0.39, 0.29) is 18.4 Å². The van der Waals surface area contributed by atoms with Crippen LogP contribution in [-0.4, -0.2) is 30.5 Å². The number of pyridine rings is 1. The van der Waals surface area contributed by atoms with Gasteiger partial charge in [0.2, 0.25) is 5.91 Å². The number of fused-ring (bicyclic) bond motifs is 1. The van der Waals surface area contributed by atoms with Gasteiger partial charge >= 0.3 is 0 Å². The summed E-state index contributed by atoms with van der Waals surface area (Å²) in [4.78, 5) is 29.9. The Hall–Kier alpha value is -4.19. The number of benzene rings is 3. The summed E-state index contributed by atoms with van der Waals surface area (Å²) < 4.78 is 5.13. The zero-order valence-corrected chi connectivity index (χ0v) is 17.7. The second-order valence-corrected chi connectivity index (χ2v) is 7.25. The van der Waals surface area contributed by atoms with Gasteiger partial charge in [0.25, 0.3) is 5.91 Å². The molecule has 0 bridgehead atoms. The fourth-order valence-corrected chi connectivity index (χ4v) is 3.38. The lowest BCUT2D eigenvalue weighted by atomic mass is 10.0. The number of carbonyl (C=O) groups excluding carboxylic acids is 2. The van der Waals surface area contributed by atoms with E-state index in [0.29, 0.717) is 17.8 Å². The van der Waals surface area contributed by atoms with E-state index in [9.17, 15) is 9.59 Å². The molecular formula is C26H23N3O3. The lowest BCUT2D eigenvalue weighted by Crippen LogP contribution is -2.36. The molecule has 6 heteroatoms. The molecule has 0 atom stereocenters. The van der Waals surface area contributed by atoms with Crippen molar-refractivity contribution in [2.24, 2.45) is 0 Å². The second kappa shape index (κ2) is 9.75. The summed E-state index contributed by atoms with van der Waals surface area (Å²) in [6.45, 7) is 0.251. The van der Waals surface area contributed by atoms with Crippen molar-refractivity contribution in [3.63, 3.8) is 0 Å². The van der Waals surface area contributed by atoms with Gasteiger partial charge in [-0.05, 0) is 29.8 Å². The van der Waals surface area contributed by atoms with Crippen molar-refractivity contribution in [2.45, 2.75) is 6.54 Å². The van der Waals surface area contributed by atoms with Gasteiger partial charge in [-0.2, -0.15) is 0 Å². The van der Waals surface area contributed by atoms with Crippen molar-refractivity contribution in [1.29, 1.82) is 0 Å². The number of hydrogen-bond acceptors (Lipinski definition) is 4. The van der Waals surface area contributed by atoms with E-state index in [1.165, 1.54) is 0 Å². The Morgan fingerprint density at radius 3 is 2.34 bits per heavy atom. The fourth-order valence-electron chi connectivity index (χ4n) is 3.38. The van der Waals surface area contributed by atoms with E-state index in [1.54, 1.807) is 13.2 Å². The number of ether oxygens (including phenoxy) is 1. The van der Waals surface area contributed by atoms with Crippen LogP contribution in [0.2, 0.25) is 0 Å². The Labute approximate surface area is 186 Å². The molecule has 2 amide bonds. The number of carbonyl (C=O) groups is 2. The maximum absolute atomic E-state index is 13.0. The largest absolute Gasteiger partial charge is 0.497 e. The van der Waals surface area contributed by atoms with Crippen LogP contribution in [0.3, 0.4) is 0 Å². The predicted octanol–water partition coefficient (Wildman–Crippen LogP) is 3.96. The molecule has 4 rings (SSSR count). The average Bonchev–Trinajstić information content (AvgIpc) is 2.86. The summed E-state index contributed by atoms with van der Waals surface area (Å²) in [5.41, 5.74) is 3.78. The second-order valence-electron chi connectivity index (χ2n) is 7.25. The van der Waals surface area contributed by atoms with Gasteiger partial charge < -0.3 is 15.4 Å². The first-order valence-electron chi connectivity index (χ1n) is 10.3. The standard InChI is InChI=1S/C26H23N3O3/c1-32-20-13-11-18(12-14-20)16-27-25(30)17-28-26(31)22-15-24(19-7-3-2-4-8-19)29-23-10-6-5-9-21(22)23/h2-15H,16-17H2,1H3,(H,27,30)(H,28,31). The third kappa shape index (κ3) is 4.92. The van der Waals surface area contributed by atoms with E-state index in [1.807, 2.05) is 78.9 Å². The molecule has 1 heterocycles. The number of hydrogen-bond donors (Lipinski definition) is 2. The molecule has 0 radical (unpaired) electrons. The van der Waals surface area contributed by atoms with Crippen LogP contribution in [0.5, 0.6) is 5.75 Å². The Morgan fingerprint density at radius 2 is 1.59 bits per heavy atom. The molecule has 0 unspecified atom stereocenters. The van der Waals surface area contributed by atoms with Gasteiger partial charge in [-0.15, -0.1) is 0 Å². The molecule has 0 aliphatic heterocycles.